The van der Waals surface area contributed by atoms with Crippen molar-refractivity contribution in [1.29, 1.82) is 0 Å². The number of rotatable bonds is 6. The Kier molecular flexibility index (Phi) is 9.38. The van der Waals surface area contributed by atoms with E-state index in [-0.39, 0.29) is 0 Å². The highest BCUT2D eigenvalue weighted by atomic mass is 79.9. The van der Waals surface area contributed by atoms with Gasteiger partial charge in [0.1, 0.15) is 11.5 Å². The van der Waals surface area contributed by atoms with Crippen LogP contribution in [0.25, 0.3) is 90.9 Å². The minimum atomic E-state index is 0.682. The van der Waals surface area contributed by atoms with Crippen LogP contribution in [0.5, 0.6) is 11.5 Å². The molecule has 2 aliphatic rings. The monoisotopic (exact) mass is 908 g/mol. The van der Waals surface area contributed by atoms with E-state index in [1.165, 1.54) is 0 Å². The van der Waals surface area contributed by atoms with E-state index in [4.69, 9.17) is 19.4 Å². The SMILES string of the molecule is COc1cc(OC)cc(-c2c3nc(c(-c4ccc(Br)cc4)c4ccc([nH]4)c(-c4ccc(Br)cc4)c4nc(c(-c5ccc(Br)cc5)c5ccc2[nH]5)C=C4)C=C3)c1. The maximum Gasteiger partial charge on any atom is 0.123 e. The van der Waals surface area contributed by atoms with E-state index in [2.05, 4.69) is 179 Å². The molecule has 0 amide bonds. The first-order chi connectivity index (χ1) is 26.8. The number of nitrogens with one attached hydrogen (secondary N) is 2. The first-order valence-corrected chi connectivity index (χ1v) is 19.9. The molecular formula is C46H31Br3N4O2. The van der Waals surface area contributed by atoms with Crippen molar-refractivity contribution in [2.45, 2.75) is 0 Å². The number of ether oxygens (including phenoxy) is 2. The molecule has 0 fully saturated rings. The van der Waals surface area contributed by atoms with Gasteiger partial charge in [0.15, 0.2) is 0 Å². The minimum Gasteiger partial charge on any atom is -0.497 e. The van der Waals surface area contributed by atoms with Gasteiger partial charge < -0.3 is 19.4 Å². The maximum absolute atomic E-state index is 5.75. The fourth-order valence-electron chi connectivity index (χ4n) is 7.22. The number of hydrogen-bond acceptors (Lipinski definition) is 4. The molecule has 0 saturated heterocycles. The molecular weight excluding hydrogens is 880 g/mol. The number of H-pyrrole nitrogens is 2. The summed E-state index contributed by atoms with van der Waals surface area (Å²) >= 11 is 10.9. The summed E-state index contributed by atoms with van der Waals surface area (Å²) in [5, 5.41) is 0. The van der Waals surface area contributed by atoms with E-state index in [0.717, 1.165) is 103 Å². The fraction of sp³-hybridized carbons (Fsp3) is 0.0435. The van der Waals surface area contributed by atoms with Crippen molar-refractivity contribution in [3.8, 4) is 56.0 Å². The lowest BCUT2D eigenvalue weighted by Crippen LogP contribution is -1.92. The van der Waals surface area contributed by atoms with Crippen LogP contribution in [0.15, 0.2) is 129 Å². The Balaban J connectivity index is 1.47. The van der Waals surface area contributed by atoms with Gasteiger partial charge >= 0.3 is 0 Å². The van der Waals surface area contributed by atoms with Gasteiger partial charge in [0.2, 0.25) is 0 Å². The van der Waals surface area contributed by atoms with E-state index in [0.29, 0.717) is 11.5 Å². The molecule has 0 radical (unpaired) electrons. The molecule has 9 heteroatoms. The lowest BCUT2D eigenvalue weighted by Gasteiger charge is -2.10. The third-order valence-electron chi connectivity index (χ3n) is 9.79. The Labute approximate surface area is 343 Å². The Morgan fingerprint density at radius 2 is 0.673 bits per heavy atom. The average Bonchev–Trinajstić information content (AvgIpc) is 4.05. The fourth-order valence-corrected chi connectivity index (χ4v) is 8.01. The number of nitrogens with zero attached hydrogens (tertiary/aromatic N) is 2. The number of hydrogen-bond donors (Lipinski definition) is 2. The zero-order valence-electron chi connectivity index (χ0n) is 29.6. The topological polar surface area (TPSA) is 75.8 Å². The van der Waals surface area contributed by atoms with Gasteiger partial charge in [-0.05, 0) is 119 Å². The van der Waals surface area contributed by atoms with Crippen molar-refractivity contribution in [1.82, 2.24) is 19.9 Å². The first-order valence-electron chi connectivity index (χ1n) is 17.5. The zero-order valence-corrected chi connectivity index (χ0v) is 34.4. The van der Waals surface area contributed by atoms with E-state index < -0.39 is 0 Å². The summed E-state index contributed by atoms with van der Waals surface area (Å²) in [6, 6.07) is 39.5. The summed E-state index contributed by atoms with van der Waals surface area (Å²) < 4.78 is 14.5. The summed E-state index contributed by atoms with van der Waals surface area (Å²) in [4.78, 5) is 18.4. The van der Waals surface area contributed by atoms with Gasteiger partial charge in [0, 0.05) is 63.8 Å². The standard InChI is InChI=1S/C46H31Br3N4O2/c1-54-33-23-29(24-34(25-33)55-2)46-41-21-19-39(52-41)44(27-5-11-31(48)12-6-27)37-17-15-35(50-37)43(26-3-9-30(47)10-4-26)36-16-18-38(51-36)45(40-20-22-42(46)53-40)28-7-13-32(49)14-8-28/h3-25,50,53H,1-2H3. The van der Waals surface area contributed by atoms with Crippen molar-refractivity contribution < 1.29 is 9.47 Å². The molecule has 5 heterocycles. The van der Waals surface area contributed by atoms with Crippen molar-refractivity contribution >= 4 is 94.2 Å². The summed E-state index contributed by atoms with van der Waals surface area (Å²) in [5.41, 5.74) is 14.9. The van der Waals surface area contributed by atoms with Crippen LogP contribution in [-0.4, -0.2) is 34.2 Å². The Morgan fingerprint density at radius 1 is 0.382 bits per heavy atom. The van der Waals surface area contributed by atoms with E-state index in [1.54, 1.807) is 14.2 Å². The van der Waals surface area contributed by atoms with Crippen LogP contribution < -0.4 is 9.47 Å². The summed E-state index contributed by atoms with van der Waals surface area (Å²) in [6.07, 6.45) is 8.39. The number of methoxy groups -OCH3 is 2. The first kappa shape index (κ1) is 35.2. The Morgan fingerprint density at radius 3 is 0.964 bits per heavy atom. The quantitative estimate of drug-likeness (QED) is 0.174. The molecule has 7 aromatic rings. The number of aromatic amines is 2. The minimum absolute atomic E-state index is 0.682. The molecule has 3 aromatic heterocycles. The van der Waals surface area contributed by atoms with Crippen LogP contribution >= 0.6 is 47.8 Å². The van der Waals surface area contributed by atoms with Gasteiger partial charge in [0.25, 0.3) is 0 Å². The van der Waals surface area contributed by atoms with Crippen molar-refractivity contribution in [3.05, 3.63) is 151 Å². The van der Waals surface area contributed by atoms with Gasteiger partial charge in [0.05, 0.1) is 37.0 Å². The Bertz CT molecular complexity index is 2790. The zero-order chi connectivity index (χ0) is 37.6. The molecule has 8 bridgehead atoms. The van der Waals surface area contributed by atoms with Crippen LogP contribution in [0.4, 0.5) is 0 Å². The van der Waals surface area contributed by atoms with Gasteiger partial charge in [-0.15, -0.1) is 0 Å². The van der Waals surface area contributed by atoms with Crippen molar-refractivity contribution in [2.75, 3.05) is 14.2 Å². The molecule has 55 heavy (non-hydrogen) atoms. The second-order valence-corrected chi connectivity index (χ2v) is 15.9. The van der Waals surface area contributed by atoms with Crippen LogP contribution in [-0.2, 0) is 0 Å². The largest absolute Gasteiger partial charge is 0.497 e. The predicted octanol–water partition coefficient (Wildman–Crippen LogP) is 13.6. The molecule has 0 saturated carbocycles. The van der Waals surface area contributed by atoms with Crippen LogP contribution in [0.3, 0.4) is 0 Å². The summed E-state index contributed by atoms with van der Waals surface area (Å²) in [6.45, 7) is 0. The highest BCUT2D eigenvalue weighted by Gasteiger charge is 2.20. The smallest absolute Gasteiger partial charge is 0.123 e. The van der Waals surface area contributed by atoms with Gasteiger partial charge in [-0.1, -0.05) is 84.2 Å². The highest BCUT2D eigenvalue weighted by molar-refractivity contribution is 9.11. The van der Waals surface area contributed by atoms with Gasteiger partial charge in [-0.25, -0.2) is 9.97 Å². The van der Waals surface area contributed by atoms with E-state index in [1.807, 2.05) is 18.2 Å². The highest BCUT2D eigenvalue weighted by Crippen LogP contribution is 2.40. The number of fused-ring (bicyclic) bond motifs is 8. The molecule has 4 aromatic carbocycles. The molecule has 2 aliphatic heterocycles. The lowest BCUT2D eigenvalue weighted by atomic mass is 10.0. The van der Waals surface area contributed by atoms with Crippen LogP contribution in [0.1, 0.15) is 22.8 Å². The maximum atomic E-state index is 5.75. The van der Waals surface area contributed by atoms with E-state index >= 15 is 0 Å². The van der Waals surface area contributed by atoms with E-state index in [9.17, 15) is 0 Å². The molecule has 268 valence electrons. The van der Waals surface area contributed by atoms with Gasteiger partial charge in [-0.3, -0.25) is 0 Å². The second kappa shape index (κ2) is 14.6. The van der Waals surface area contributed by atoms with Crippen LogP contribution in [0.2, 0.25) is 0 Å². The third kappa shape index (κ3) is 6.77. The van der Waals surface area contributed by atoms with Crippen molar-refractivity contribution in [2.24, 2.45) is 0 Å². The molecule has 9 rings (SSSR count). The molecule has 0 unspecified atom stereocenters. The summed E-state index contributed by atoms with van der Waals surface area (Å²) in [5.74, 6) is 1.36. The molecule has 0 atom stereocenters. The number of aromatic nitrogens is 4. The normalized spacial score (nSPS) is 11.9. The lowest BCUT2D eigenvalue weighted by molar-refractivity contribution is 0.394. The van der Waals surface area contributed by atoms with Gasteiger partial charge in [-0.2, -0.15) is 0 Å². The molecule has 0 aliphatic carbocycles. The molecule has 6 nitrogen and oxygen atoms in total. The molecule has 2 N–H and O–H groups in total. The molecule has 0 spiro atoms. The number of halogens is 3. The number of benzene rings is 4. The third-order valence-corrected chi connectivity index (χ3v) is 11.4. The second-order valence-electron chi connectivity index (χ2n) is 13.1. The summed E-state index contributed by atoms with van der Waals surface area (Å²) in [7, 11) is 3.33. The average molecular weight is 911 g/mol. The predicted molar refractivity (Wildman–Crippen MR) is 237 cm³/mol. The van der Waals surface area contributed by atoms with Crippen molar-refractivity contribution in [3.63, 3.8) is 0 Å². The van der Waals surface area contributed by atoms with Crippen LogP contribution in [0, 0.1) is 0 Å². The Hall–Kier alpha value is -5.48.